The fourth-order valence-electron chi connectivity index (χ4n) is 2.16. The third-order valence-corrected chi connectivity index (χ3v) is 4.57. The molecule has 0 aliphatic carbocycles. The average Bonchev–Trinajstić information content (AvgIpc) is 2.61. The van der Waals surface area contributed by atoms with Gasteiger partial charge >= 0.3 is 5.97 Å². The standard InChI is InChI=1S/C17H14ClN3O3S/c18-13-5-3-4-12(8-13)9-25-10-16(22)24-11-21-17(23)14-6-1-2-7-15(14)19-20-21/h1-8H,9-11H2. The lowest BCUT2D eigenvalue weighted by Gasteiger charge is -2.06. The number of carbonyl (C=O) groups is 1. The number of rotatable bonds is 6. The quantitative estimate of drug-likeness (QED) is 0.617. The molecule has 0 saturated heterocycles. The summed E-state index contributed by atoms with van der Waals surface area (Å²) in [7, 11) is 0. The molecule has 3 rings (SSSR count). The molecular weight excluding hydrogens is 362 g/mol. The van der Waals surface area contributed by atoms with Crippen molar-refractivity contribution in [2.24, 2.45) is 0 Å². The Balaban J connectivity index is 1.52. The van der Waals surface area contributed by atoms with Crippen molar-refractivity contribution < 1.29 is 9.53 Å². The highest BCUT2D eigenvalue weighted by molar-refractivity contribution is 7.99. The maximum absolute atomic E-state index is 12.2. The van der Waals surface area contributed by atoms with Crippen LogP contribution >= 0.6 is 23.4 Å². The molecular formula is C17H14ClN3O3S. The highest BCUT2D eigenvalue weighted by Gasteiger charge is 2.08. The molecule has 0 aliphatic heterocycles. The summed E-state index contributed by atoms with van der Waals surface area (Å²) in [5.74, 6) is 0.391. The van der Waals surface area contributed by atoms with Gasteiger partial charge in [0.15, 0.2) is 6.73 Å². The second kappa shape index (κ2) is 8.13. The normalized spacial score (nSPS) is 10.8. The Labute approximate surface area is 152 Å². The molecule has 0 fully saturated rings. The zero-order valence-electron chi connectivity index (χ0n) is 13.1. The molecule has 0 radical (unpaired) electrons. The van der Waals surface area contributed by atoms with Gasteiger partial charge in [0.05, 0.1) is 11.1 Å². The number of hydrogen-bond acceptors (Lipinski definition) is 6. The Hall–Kier alpha value is -2.38. The van der Waals surface area contributed by atoms with Gasteiger partial charge in [-0.25, -0.2) is 0 Å². The Morgan fingerprint density at radius 3 is 2.88 bits per heavy atom. The van der Waals surface area contributed by atoms with Gasteiger partial charge in [-0.15, -0.1) is 16.9 Å². The highest BCUT2D eigenvalue weighted by Crippen LogP contribution is 2.16. The summed E-state index contributed by atoms with van der Waals surface area (Å²) >= 11 is 7.32. The fraction of sp³-hybridized carbons (Fsp3) is 0.176. The fourth-order valence-corrected chi connectivity index (χ4v) is 3.14. The van der Waals surface area contributed by atoms with Crippen molar-refractivity contribution in [2.45, 2.75) is 12.5 Å². The van der Waals surface area contributed by atoms with E-state index >= 15 is 0 Å². The molecule has 8 heteroatoms. The molecule has 1 aromatic heterocycles. The molecule has 25 heavy (non-hydrogen) atoms. The first-order chi connectivity index (χ1) is 12.1. The van der Waals surface area contributed by atoms with Crippen LogP contribution in [0.2, 0.25) is 5.02 Å². The topological polar surface area (TPSA) is 74.1 Å². The van der Waals surface area contributed by atoms with Crippen molar-refractivity contribution in [3.8, 4) is 0 Å². The minimum atomic E-state index is -0.422. The van der Waals surface area contributed by atoms with Crippen LogP contribution in [0.1, 0.15) is 5.56 Å². The zero-order valence-corrected chi connectivity index (χ0v) is 14.7. The molecule has 0 N–H and O–H groups in total. The molecule has 0 atom stereocenters. The molecule has 0 unspecified atom stereocenters. The minimum absolute atomic E-state index is 0.169. The van der Waals surface area contributed by atoms with Crippen LogP contribution in [0, 0.1) is 0 Å². The van der Waals surface area contributed by atoms with Gasteiger partial charge in [0.25, 0.3) is 5.56 Å². The van der Waals surface area contributed by atoms with Crippen molar-refractivity contribution in [3.63, 3.8) is 0 Å². The van der Waals surface area contributed by atoms with E-state index in [-0.39, 0.29) is 18.0 Å². The second-order valence-electron chi connectivity index (χ2n) is 5.18. The predicted octanol–water partition coefficient (Wildman–Crippen LogP) is 2.88. The van der Waals surface area contributed by atoms with Crippen LogP contribution in [0.3, 0.4) is 0 Å². The maximum Gasteiger partial charge on any atom is 0.317 e. The SMILES string of the molecule is O=C(CSCc1cccc(Cl)c1)OCn1nnc2ccccc2c1=O. The van der Waals surface area contributed by atoms with Crippen molar-refractivity contribution >= 4 is 40.2 Å². The Morgan fingerprint density at radius 2 is 2.04 bits per heavy atom. The Morgan fingerprint density at radius 1 is 1.20 bits per heavy atom. The van der Waals surface area contributed by atoms with Gasteiger partial charge in [-0.1, -0.05) is 41.1 Å². The maximum atomic E-state index is 12.2. The van der Waals surface area contributed by atoms with Gasteiger partial charge in [0, 0.05) is 10.8 Å². The number of nitrogens with zero attached hydrogens (tertiary/aromatic N) is 3. The van der Waals surface area contributed by atoms with E-state index in [1.807, 2.05) is 18.2 Å². The number of ether oxygens (including phenoxy) is 1. The summed E-state index contributed by atoms with van der Waals surface area (Å²) in [4.78, 5) is 24.0. The van der Waals surface area contributed by atoms with Crippen LogP contribution in [0.5, 0.6) is 0 Å². The summed E-state index contributed by atoms with van der Waals surface area (Å²) in [6, 6.07) is 14.3. The van der Waals surface area contributed by atoms with Gasteiger partial charge in [0.2, 0.25) is 0 Å². The lowest BCUT2D eigenvalue weighted by Crippen LogP contribution is -2.26. The minimum Gasteiger partial charge on any atom is -0.442 e. The molecule has 0 bridgehead atoms. The van der Waals surface area contributed by atoms with Crippen molar-refractivity contribution in [1.82, 2.24) is 15.0 Å². The lowest BCUT2D eigenvalue weighted by atomic mass is 10.2. The Kier molecular flexibility index (Phi) is 5.67. The summed E-state index contributed by atoms with van der Waals surface area (Å²) in [5.41, 5.74) is 1.19. The van der Waals surface area contributed by atoms with E-state index in [0.717, 1.165) is 10.2 Å². The van der Waals surface area contributed by atoms with E-state index in [9.17, 15) is 9.59 Å². The first-order valence-electron chi connectivity index (χ1n) is 7.44. The van der Waals surface area contributed by atoms with E-state index in [1.165, 1.54) is 11.8 Å². The third-order valence-electron chi connectivity index (χ3n) is 3.35. The van der Waals surface area contributed by atoms with Crippen LogP contribution in [-0.4, -0.2) is 26.7 Å². The largest absolute Gasteiger partial charge is 0.442 e. The molecule has 2 aromatic carbocycles. The van der Waals surface area contributed by atoms with Gasteiger partial charge in [-0.3, -0.25) is 9.59 Å². The monoisotopic (exact) mass is 375 g/mol. The van der Waals surface area contributed by atoms with E-state index in [2.05, 4.69) is 10.3 Å². The molecule has 0 amide bonds. The van der Waals surface area contributed by atoms with Gasteiger partial charge in [-0.2, -0.15) is 4.68 Å². The van der Waals surface area contributed by atoms with Gasteiger partial charge in [0.1, 0.15) is 5.52 Å². The smallest absolute Gasteiger partial charge is 0.317 e. The number of esters is 1. The van der Waals surface area contributed by atoms with E-state index in [1.54, 1.807) is 30.3 Å². The summed E-state index contributed by atoms with van der Waals surface area (Å²) in [6.45, 7) is -0.257. The highest BCUT2D eigenvalue weighted by atomic mass is 35.5. The first-order valence-corrected chi connectivity index (χ1v) is 8.97. The van der Waals surface area contributed by atoms with Crippen LogP contribution in [0.4, 0.5) is 0 Å². The van der Waals surface area contributed by atoms with Crippen molar-refractivity contribution in [2.75, 3.05) is 5.75 Å². The van der Waals surface area contributed by atoms with Crippen molar-refractivity contribution in [3.05, 3.63) is 69.5 Å². The molecule has 6 nitrogen and oxygen atoms in total. The number of halogens is 1. The third kappa shape index (κ3) is 4.58. The predicted molar refractivity (Wildman–Crippen MR) is 97.5 cm³/mol. The lowest BCUT2D eigenvalue weighted by molar-refractivity contribution is -0.144. The molecule has 128 valence electrons. The molecule has 0 aliphatic rings. The molecule has 0 spiro atoms. The molecule has 1 heterocycles. The number of thioether (sulfide) groups is 1. The van der Waals surface area contributed by atoms with E-state index in [4.69, 9.17) is 16.3 Å². The van der Waals surface area contributed by atoms with E-state index < -0.39 is 5.97 Å². The number of fused-ring (bicyclic) bond motifs is 1. The second-order valence-corrected chi connectivity index (χ2v) is 6.60. The number of carbonyl (C=O) groups excluding carboxylic acids is 1. The average molecular weight is 376 g/mol. The van der Waals surface area contributed by atoms with Crippen LogP contribution in [0.15, 0.2) is 53.3 Å². The molecule has 0 saturated carbocycles. The first kappa shape index (κ1) is 17.4. The summed E-state index contributed by atoms with van der Waals surface area (Å²) in [5, 5.41) is 8.80. The van der Waals surface area contributed by atoms with Crippen LogP contribution < -0.4 is 5.56 Å². The van der Waals surface area contributed by atoms with Gasteiger partial charge in [-0.05, 0) is 29.8 Å². The van der Waals surface area contributed by atoms with Gasteiger partial charge < -0.3 is 4.74 Å². The summed E-state index contributed by atoms with van der Waals surface area (Å²) in [6.07, 6.45) is 0. The number of benzene rings is 2. The van der Waals surface area contributed by atoms with Crippen molar-refractivity contribution in [1.29, 1.82) is 0 Å². The zero-order chi connectivity index (χ0) is 17.6. The Bertz CT molecular complexity index is 961. The van der Waals surface area contributed by atoms with Crippen LogP contribution in [0.25, 0.3) is 10.9 Å². The summed E-state index contributed by atoms with van der Waals surface area (Å²) < 4.78 is 6.12. The number of aromatic nitrogens is 3. The van der Waals surface area contributed by atoms with E-state index in [0.29, 0.717) is 21.7 Å². The molecule has 3 aromatic rings. The number of hydrogen-bond donors (Lipinski definition) is 0. The van der Waals surface area contributed by atoms with Crippen LogP contribution in [-0.2, 0) is 22.0 Å².